The van der Waals surface area contributed by atoms with Gasteiger partial charge in [-0.05, 0) is 31.8 Å². The van der Waals surface area contributed by atoms with Crippen LogP contribution in [0.5, 0.6) is 0 Å². The smallest absolute Gasteiger partial charge is 0.222 e. The van der Waals surface area contributed by atoms with Gasteiger partial charge in [0.25, 0.3) is 0 Å². The number of amides is 1. The number of aromatic nitrogens is 2. The summed E-state index contributed by atoms with van der Waals surface area (Å²) in [6, 6.07) is 0. The summed E-state index contributed by atoms with van der Waals surface area (Å²) in [6.45, 7) is 2.73. The molecule has 0 aliphatic carbocycles. The molecule has 1 saturated heterocycles. The maximum absolute atomic E-state index is 12.0. The van der Waals surface area contributed by atoms with Crippen molar-refractivity contribution in [2.45, 2.75) is 25.8 Å². The molecule has 0 aromatic carbocycles. The fourth-order valence-electron chi connectivity index (χ4n) is 2.21. The van der Waals surface area contributed by atoms with E-state index in [0.717, 1.165) is 31.5 Å². The number of H-pyrrole nitrogens is 1. The number of piperidine rings is 1. The predicted octanol–water partition coefficient (Wildman–Crippen LogP) is 0.758. The number of carbonyl (C=O) groups excluding carboxylic acids is 1. The average molecular weight is 236 g/mol. The van der Waals surface area contributed by atoms with E-state index >= 15 is 0 Å². The number of nitrogens with one attached hydrogen (secondary N) is 2. The van der Waals surface area contributed by atoms with Gasteiger partial charge in [-0.25, -0.2) is 0 Å². The first-order valence-corrected chi connectivity index (χ1v) is 6.18. The van der Waals surface area contributed by atoms with E-state index in [2.05, 4.69) is 15.5 Å². The third-order valence-electron chi connectivity index (χ3n) is 3.32. The highest BCUT2D eigenvalue weighted by Crippen LogP contribution is 2.17. The lowest BCUT2D eigenvalue weighted by Gasteiger charge is -2.24. The summed E-state index contributed by atoms with van der Waals surface area (Å²) in [4.78, 5) is 13.8. The maximum Gasteiger partial charge on any atom is 0.222 e. The molecule has 0 saturated carbocycles. The molecule has 1 aromatic rings. The molecule has 1 fully saturated rings. The maximum atomic E-state index is 12.0. The summed E-state index contributed by atoms with van der Waals surface area (Å²) in [6.07, 6.45) is 6.50. The molecule has 0 atom stereocenters. The van der Waals surface area contributed by atoms with E-state index in [0.29, 0.717) is 18.9 Å². The van der Waals surface area contributed by atoms with Gasteiger partial charge < -0.3 is 10.2 Å². The third-order valence-corrected chi connectivity index (χ3v) is 3.32. The Hall–Kier alpha value is -1.36. The van der Waals surface area contributed by atoms with Gasteiger partial charge in [0.1, 0.15) is 0 Å². The van der Waals surface area contributed by atoms with Crippen LogP contribution < -0.4 is 5.32 Å². The Balaban J connectivity index is 1.78. The fraction of sp³-hybridized carbons (Fsp3) is 0.667. The van der Waals surface area contributed by atoms with Crippen molar-refractivity contribution < 1.29 is 4.79 Å². The van der Waals surface area contributed by atoms with Crippen LogP contribution in [0.4, 0.5) is 0 Å². The SMILES string of the molecule is CN(Cc1cn[nH]c1)C(=O)CC1CCNCC1. The first kappa shape index (κ1) is 12.1. The molecule has 94 valence electrons. The van der Waals surface area contributed by atoms with Crippen molar-refractivity contribution in [3.63, 3.8) is 0 Å². The number of rotatable bonds is 4. The summed E-state index contributed by atoms with van der Waals surface area (Å²) in [5.74, 6) is 0.786. The van der Waals surface area contributed by atoms with Crippen molar-refractivity contribution in [3.05, 3.63) is 18.0 Å². The van der Waals surface area contributed by atoms with Crippen molar-refractivity contribution in [2.75, 3.05) is 20.1 Å². The van der Waals surface area contributed by atoms with E-state index in [1.54, 1.807) is 11.1 Å². The quantitative estimate of drug-likeness (QED) is 0.811. The minimum absolute atomic E-state index is 0.234. The zero-order valence-electron chi connectivity index (χ0n) is 10.3. The lowest BCUT2D eigenvalue weighted by atomic mass is 9.94. The first-order valence-electron chi connectivity index (χ1n) is 6.18. The van der Waals surface area contributed by atoms with Crippen LogP contribution in [0.1, 0.15) is 24.8 Å². The topological polar surface area (TPSA) is 61.0 Å². The van der Waals surface area contributed by atoms with Gasteiger partial charge >= 0.3 is 0 Å². The minimum atomic E-state index is 0.234. The number of aromatic amines is 1. The summed E-state index contributed by atoms with van der Waals surface area (Å²) >= 11 is 0. The normalized spacial score (nSPS) is 17.0. The molecule has 2 N–H and O–H groups in total. The van der Waals surface area contributed by atoms with Gasteiger partial charge in [-0.2, -0.15) is 5.10 Å². The summed E-state index contributed by atoms with van der Waals surface area (Å²) < 4.78 is 0. The Labute approximate surface area is 102 Å². The zero-order chi connectivity index (χ0) is 12.1. The highest BCUT2D eigenvalue weighted by atomic mass is 16.2. The van der Waals surface area contributed by atoms with E-state index in [1.165, 1.54) is 0 Å². The van der Waals surface area contributed by atoms with Crippen molar-refractivity contribution >= 4 is 5.91 Å². The largest absolute Gasteiger partial charge is 0.341 e. The van der Waals surface area contributed by atoms with E-state index in [9.17, 15) is 4.79 Å². The van der Waals surface area contributed by atoms with Crippen LogP contribution in [-0.4, -0.2) is 41.1 Å². The lowest BCUT2D eigenvalue weighted by molar-refractivity contribution is -0.131. The van der Waals surface area contributed by atoms with Crippen LogP contribution in [0.2, 0.25) is 0 Å². The standard InChI is InChI=1S/C12H20N4O/c1-16(9-11-7-14-15-8-11)12(17)6-10-2-4-13-5-3-10/h7-8,10,13H,2-6,9H2,1H3,(H,14,15). The average Bonchev–Trinajstić information content (AvgIpc) is 2.83. The monoisotopic (exact) mass is 236 g/mol. The van der Waals surface area contributed by atoms with Crippen LogP contribution in [0.15, 0.2) is 12.4 Å². The van der Waals surface area contributed by atoms with E-state index in [1.807, 2.05) is 13.2 Å². The molecular formula is C12H20N4O. The van der Waals surface area contributed by atoms with Crippen LogP contribution >= 0.6 is 0 Å². The van der Waals surface area contributed by atoms with Crippen molar-refractivity contribution in [1.82, 2.24) is 20.4 Å². The number of nitrogens with zero attached hydrogens (tertiary/aromatic N) is 2. The summed E-state index contributed by atoms with van der Waals surface area (Å²) in [7, 11) is 1.86. The van der Waals surface area contributed by atoms with Crippen LogP contribution in [0.3, 0.4) is 0 Å². The van der Waals surface area contributed by atoms with E-state index in [-0.39, 0.29) is 5.91 Å². The van der Waals surface area contributed by atoms with Crippen molar-refractivity contribution in [1.29, 1.82) is 0 Å². The Morgan fingerprint density at radius 1 is 1.53 bits per heavy atom. The molecule has 0 bridgehead atoms. The Kier molecular flexibility index (Phi) is 4.14. The highest BCUT2D eigenvalue weighted by Gasteiger charge is 2.19. The Morgan fingerprint density at radius 2 is 2.29 bits per heavy atom. The second kappa shape index (κ2) is 5.82. The van der Waals surface area contributed by atoms with Crippen LogP contribution in [0.25, 0.3) is 0 Å². The highest BCUT2D eigenvalue weighted by molar-refractivity contribution is 5.76. The van der Waals surface area contributed by atoms with Gasteiger partial charge in [-0.3, -0.25) is 9.89 Å². The van der Waals surface area contributed by atoms with Crippen molar-refractivity contribution in [3.8, 4) is 0 Å². The molecule has 2 rings (SSSR count). The molecule has 1 aromatic heterocycles. The minimum Gasteiger partial charge on any atom is -0.341 e. The lowest BCUT2D eigenvalue weighted by Crippen LogP contribution is -2.33. The van der Waals surface area contributed by atoms with Crippen LogP contribution in [-0.2, 0) is 11.3 Å². The molecule has 0 radical (unpaired) electrons. The second-order valence-corrected chi connectivity index (χ2v) is 4.75. The molecule has 5 heteroatoms. The summed E-state index contributed by atoms with van der Waals surface area (Å²) in [5.41, 5.74) is 1.05. The molecule has 0 spiro atoms. The van der Waals surface area contributed by atoms with Crippen LogP contribution in [0, 0.1) is 5.92 Å². The van der Waals surface area contributed by atoms with Gasteiger partial charge in [-0.1, -0.05) is 0 Å². The molecule has 5 nitrogen and oxygen atoms in total. The molecular weight excluding hydrogens is 216 g/mol. The molecule has 1 amide bonds. The molecule has 2 heterocycles. The number of carbonyl (C=O) groups is 1. The van der Waals surface area contributed by atoms with Gasteiger partial charge in [0.05, 0.1) is 6.20 Å². The van der Waals surface area contributed by atoms with Crippen molar-refractivity contribution in [2.24, 2.45) is 5.92 Å². The second-order valence-electron chi connectivity index (χ2n) is 4.75. The Morgan fingerprint density at radius 3 is 2.94 bits per heavy atom. The summed E-state index contributed by atoms with van der Waals surface area (Å²) in [5, 5.41) is 9.95. The molecule has 0 unspecified atom stereocenters. The van der Waals surface area contributed by atoms with E-state index in [4.69, 9.17) is 0 Å². The molecule has 17 heavy (non-hydrogen) atoms. The van der Waals surface area contributed by atoms with Gasteiger partial charge in [0, 0.05) is 31.8 Å². The van der Waals surface area contributed by atoms with Gasteiger partial charge in [0.15, 0.2) is 0 Å². The fourth-order valence-corrected chi connectivity index (χ4v) is 2.21. The Bertz CT molecular complexity index is 343. The molecule has 1 aliphatic rings. The van der Waals surface area contributed by atoms with E-state index < -0.39 is 0 Å². The zero-order valence-corrected chi connectivity index (χ0v) is 10.3. The first-order chi connectivity index (χ1) is 8.25. The number of hydrogen-bond donors (Lipinski definition) is 2. The van der Waals surface area contributed by atoms with Gasteiger partial charge in [-0.15, -0.1) is 0 Å². The van der Waals surface area contributed by atoms with Gasteiger partial charge in [0.2, 0.25) is 5.91 Å². The number of hydrogen-bond acceptors (Lipinski definition) is 3. The third kappa shape index (κ3) is 3.56. The molecule has 1 aliphatic heterocycles. The predicted molar refractivity (Wildman–Crippen MR) is 65.3 cm³/mol.